The standard InChI is InChI=1S/C23H32N4O4S/c1-22(2,3)31-21(28)24-17-9-7-16(8-10-17)20-25-18(23(4,5)32(6)29)15-19(26-20)27-11-13-30-14-12-27/h7-10,15,29H,11-14H2,1-6H3/p+1. The number of hydrogen-bond donors (Lipinski definition) is 2. The van der Waals surface area contributed by atoms with Gasteiger partial charge in [0.15, 0.2) is 21.7 Å². The van der Waals surface area contributed by atoms with Gasteiger partial charge in [-0.3, -0.25) is 5.32 Å². The fourth-order valence-electron chi connectivity index (χ4n) is 3.10. The molecule has 1 unspecified atom stereocenters. The van der Waals surface area contributed by atoms with Crippen LogP contribution in [0.1, 0.15) is 40.3 Å². The van der Waals surface area contributed by atoms with E-state index in [2.05, 4.69) is 10.2 Å². The molecule has 0 aliphatic carbocycles. The summed E-state index contributed by atoms with van der Waals surface area (Å²) in [7, 11) is 0. The minimum atomic E-state index is -0.869. The molecule has 3 rings (SSSR count). The van der Waals surface area contributed by atoms with E-state index in [1.807, 2.05) is 52.8 Å². The minimum absolute atomic E-state index is 0.502. The monoisotopic (exact) mass is 461 g/mol. The first kappa shape index (κ1) is 24.3. The van der Waals surface area contributed by atoms with Crippen molar-refractivity contribution in [3.8, 4) is 11.4 Å². The molecular formula is C23H33N4O4S+. The highest BCUT2D eigenvalue weighted by molar-refractivity contribution is 7.91. The van der Waals surface area contributed by atoms with E-state index < -0.39 is 27.6 Å². The zero-order valence-corrected chi connectivity index (χ0v) is 20.5. The summed E-state index contributed by atoms with van der Waals surface area (Å²) >= 11 is -0.869. The molecule has 0 bridgehead atoms. The summed E-state index contributed by atoms with van der Waals surface area (Å²) in [5.74, 6) is 1.40. The van der Waals surface area contributed by atoms with Crippen molar-refractivity contribution in [2.45, 2.75) is 45.0 Å². The van der Waals surface area contributed by atoms with Gasteiger partial charge in [0, 0.05) is 30.4 Å². The SMILES string of the molecule is C[S+](O)C(C)(C)c1cc(N2CCOCC2)nc(-c2ccc(NC(=O)OC(C)(C)C)cc2)n1. The summed E-state index contributed by atoms with van der Waals surface area (Å²) < 4.78 is 20.6. The predicted molar refractivity (Wildman–Crippen MR) is 129 cm³/mol. The molecule has 1 fully saturated rings. The number of amides is 1. The van der Waals surface area contributed by atoms with E-state index in [9.17, 15) is 9.35 Å². The van der Waals surface area contributed by atoms with Crippen LogP contribution < -0.4 is 10.2 Å². The van der Waals surface area contributed by atoms with Crippen LogP contribution >= 0.6 is 0 Å². The average molecular weight is 462 g/mol. The van der Waals surface area contributed by atoms with Crippen molar-refractivity contribution in [2.75, 3.05) is 42.8 Å². The summed E-state index contributed by atoms with van der Waals surface area (Å²) in [6.07, 6.45) is 1.30. The molecular weight excluding hydrogens is 428 g/mol. The molecule has 1 aliphatic heterocycles. The third-order valence-corrected chi connectivity index (χ3v) is 6.88. The maximum atomic E-state index is 12.0. The Bertz CT molecular complexity index is 936. The number of aromatic nitrogens is 2. The molecule has 0 saturated carbocycles. The van der Waals surface area contributed by atoms with E-state index in [1.165, 1.54) is 0 Å². The predicted octanol–water partition coefficient (Wildman–Crippen LogP) is 4.28. The Balaban J connectivity index is 1.91. The molecule has 2 heterocycles. The van der Waals surface area contributed by atoms with Crippen molar-refractivity contribution >= 4 is 28.8 Å². The molecule has 0 radical (unpaired) electrons. The van der Waals surface area contributed by atoms with Gasteiger partial charge in [0.05, 0.1) is 13.2 Å². The molecule has 1 aromatic heterocycles. The number of carbonyl (C=O) groups excluding carboxylic acids is 1. The van der Waals surface area contributed by atoms with Crippen LogP contribution in [-0.4, -0.2) is 58.8 Å². The number of nitrogens with zero attached hydrogens (tertiary/aromatic N) is 3. The molecule has 2 aromatic rings. The highest BCUT2D eigenvalue weighted by Crippen LogP contribution is 2.32. The number of carbonyl (C=O) groups is 1. The summed E-state index contributed by atoms with van der Waals surface area (Å²) in [6, 6.07) is 9.29. The highest BCUT2D eigenvalue weighted by atomic mass is 32.2. The Labute approximate surface area is 192 Å². The van der Waals surface area contributed by atoms with Crippen LogP contribution in [0.25, 0.3) is 11.4 Å². The zero-order valence-electron chi connectivity index (χ0n) is 19.6. The van der Waals surface area contributed by atoms with Gasteiger partial charge in [-0.05, 0) is 58.9 Å². The van der Waals surface area contributed by atoms with Crippen molar-refractivity contribution in [1.82, 2.24) is 9.97 Å². The molecule has 32 heavy (non-hydrogen) atoms. The van der Waals surface area contributed by atoms with Crippen molar-refractivity contribution in [3.63, 3.8) is 0 Å². The molecule has 8 nitrogen and oxygen atoms in total. The van der Waals surface area contributed by atoms with Crippen molar-refractivity contribution < 1.29 is 18.8 Å². The topological polar surface area (TPSA) is 96.8 Å². The van der Waals surface area contributed by atoms with Crippen LogP contribution in [0.3, 0.4) is 0 Å². The van der Waals surface area contributed by atoms with Gasteiger partial charge in [-0.2, -0.15) is 4.55 Å². The lowest BCUT2D eigenvalue weighted by atomic mass is 10.1. The first-order valence-electron chi connectivity index (χ1n) is 10.6. The van der Waals surface area contributed by atoms with E-state index >= 15 is 0 Å². The van der Waals surface area contributed by atoms with Crippen molar-refractivity contribution in [2.24, 2.45) is 0 Å². The Hall–Kier alpha value is -2.36. The van der Waals surface area contributed by atoms with Gasteiger partial charge in [-0.25, -0.2) is 14.8 Å². The number of benzene rings is 1. The lowest BCUT2D eigenvalue weighted by Gasteiger charge is -2.29. The van der Waals surface area contributed by atoms with Gasteiger partial charge in [-0.1, -0.05) is 0 Å². The summed E-state index contributed by atoms with van der Waals surface area (Å²) in [6.45, 7) is 12.3. The molecule has 1 atom stereocenters. The number of anilines is 2. The van der Waals surface area contributed by atoms with Crippen LogP contribution in [0, 0.1) is 0 Å². The number of rotatable bonds is 5. The van der Waals surface area contributed by atoms with E-state index in [-0.39, 0.29) is 0 Å². The van der Waals surface area contributed by atoms with Crippen LogP contribution in [0.15, 0.2) is 30.3 Å². The average Bonchev–Trinajstić information content (AvgIpc) is 2.73. The number of hydrogen-bond acceptors (Lipinski definition) is 7. The van der Waals surface area contributed by atoms with Crippen LogP contribution in [0.5, 0.6) is 0 Å². The molecule has 2 N–H and O–H groups in total. The normalized spacial score (nSPS) is 15.9. The maximum Gasteiger partial charge on any atom is 0.412 e. The van der Waals surface area contributed by atoms with E-state index in [0.29, 0.717) is 24.7 Å². The van der Waals surface area contributed by atoms with Crippen LogP contribution in [0.2, 0.25) is 0 Å². The summed E-state index contributed by atoms with van der Waals surface area (Å²) in [5, 5.41) is 2.73. The Morgan fingerprint density at radius 1 is 1.12 bits per heavy atom. The lowest BCUT2D eigenvalue weighted by molar-refractivity contribution is 0.0636. The van der Waals surface area contributed by atoms with Crippen LogP contribution in [0.4, 0.5) is 16.3 Å². The Kier molecular flexibility index (Phi) is 7.32. The minimum Gasteiger partial charge on any atom is -0.444 e. The molecule has 1 aliphatic rings. The zero-order chi connectivity index (χ0) is 23.5. The van der Waals surface area contributed by atoms with Gasteiger partial charge in [0.1, 0.15) is 23.4 Å². The molecule has 174 valence electrons. The first-order chi connectivity index (χ1) is 15.0. The molecule has 9 heteroatoms. The number of morpholine rings is 1. The molecule has 1 amide bonds. The lowest BCUT2D eigenvalue weighted by Crippen LogP contribution is -2.37. The second-order valence-electron chi connectivity index (χ2n) is 9.23. The van der Waals surface area contributed by atoms with Gasteiger partial charge in [0.2, 0.25) is 0 Å². The fourth-order valence-corrected chi connectivity index (χ4v) is 3.51. The van der Waals surface area contributed by atoms with Crippen molar-refractivity contribution in [3.05, 3.63) is 36.0 Å². The number of ether oxygens (including phenoxy) is 2. The molecule has 1 aromatic carbocycles. The van der Waals surface area contributed by atoms with Crippen molar-refractivity contribution in [1.29, 1.82) is 0 Å². The molecule has 0 spiro atoms. The Morgan fingerprint density at radius 2 is 1.75 bits per heavy atom. The van der Waals surface area contributed by atoms with E-state index in [0.717, 1.165) is 30.2 Å². The highest BCUT2D eigenvalue weighted by Gasteiger charge is 2.39. The van der Waals surface area contributed by atoms with E-state index in [4.69, 9.17) is 19.4 Å². The maximum absolute atomic E-state index is 12.0. The molecule has 1 saturated heterocycles. The van der Waals surface area contributed by atoms with Gasteiger partial charge < -0.3 is 14.4 Å². The second-order valence-corrected chi connectivity index (χ2v) is 11.2. The number of nitrogens with one attached hydrogen (secondary N) is 1. The van der Waals surface area contributed by atoms with Crippen LogP contribution in [-0.2, 0) is 25.4 Å². The summed E-state index contributed by atoms with van der Waals surface area (Å²) in [5.41, 5.74) is 1.67. The fraction of sp³-hybridized carbons (Fsp3) is 0.522. The quantitative estimate of drug-likeness (QED) is 0.641. The smallest absolute Gasteiger partial charge is 0.412 e. The van der Waals surface area contributed by atoms with E-state index in [1.54, 1.807) is 18.4 Å². The first-order valence-corrected chi connectivity index (χ1v) is 12.2. The largest absolute Gasteiger partial charge is 0.444 e. The van der Waals surface area contributed by atoms with Gasteiger partial charge in [-0.15, -0.1) is 0 Å². The second kappa shape index (κ2) is 9.64. The Morgan fingerprint density at radius 3 is 2.31 bits per heavy atom. The third-order valence-electron chi connectivity index (χ3n) is 5.19. The third kappa shape index (κ3) is 6.11. The summed E-state index contributed by atoms with van der Waals surface area (Å²) in [4.78, 5) is 23.8. The van der Waals surface area contributed by atoms with Gasteiger partial charge >= 0.3 is 6.09 Å². The van der Waals surface area contributed by atoms with Gasteiger partial charge in [0.25, 0.3) is 0 Å².